The van der Waals surface area contributed by atoms with Crippen LogP contribution >= 0.6 is 0 Å². The van der Waals surface area contributed by atoms with Gasteiger partial charge in [-0.1, -0.05) is 44.2 Å². The Morgan fingerprint density at radius 3 is 2.41 bits per heavy atom. The van der Waals surface area contributed by atoms with E-state index in [2.05, 4.69) is 10.6 Å². The molecule has 3 rings (SSSR count). The molecule has 0 aromatic heterocycles. The molecular weight excluding hydrogens is 370 g/mol. The maximum atomic E-state index is 12.6. The highest BCUT2D eigenvalue weighted by Crippen LogP contribution is 2.19. The van der Waals surface area contributed by atoms with E-state index in [1.165, 1.54) is 24.2 Å². The van der Waals surface area contributed by atoms with Crippen LogP contribution in [0.4, 0.5) is 4.79 Å². The molecule has 1 atom stereocenters. The zero-order chi connectivity index (χ0) is 20.6. The molecule has 0 unspecified atom stereocenters. The van der Waals surface area contributed by atoms with E-state index in [0.717, 1.165) is 37.0 Å². The lowest BCUT2D eigenvalue weighted by molar-refractivity contribution is -0.128. The molecule has 1 aromatic carbocycles. The average Bonchev–Trinajstić information content (AvgIpc) is 2.96. The number of urea groups is 1. The van der Waals surface area contributed by atoms with Crippen molar-refractivity contribution in [2.45, 2.75) is 76.4 Å². The van der Waals surface area contributed by atoms with Crippen molar-refractivity contribution in [3.05, 3.63) is 29.8 Å². The van der Waals surface area contributed by atoms with Crippen molar-refractivity contribution in [2.24, 2.45) is 0 Å². The van der Waals surface area contributed by atoms with Gasteiger partial charge >= 0.3 is 6.03 Å². The average molecular weight is 402 g/mol. The maximum Gasteiger partial charge on any atom is 0.325 e. The van der Waals surface area contributed by atoms with Crippen molar-refractivity contribution in [1.29, 1.82) is 0 Å². The largest absolute Gasteiger partial charge is 0.497 e. The number of ether oxygens (including phenoxy) is 1. The van der Waals surface area contributed by atoms with Gasteiger partial charge in [0.05, 0.1) is 13.7 Å². The minimum absolute atomic E-state index is 0.0359. The Kier molecular flexibility index (Phi) is 7.49. The van der Waals surface area contributed by atoms with E-state index >= 15 is 0 Å². The molecule has 158 valence electrons. The van der Waals surface area contributed by atoms with E-state index in [-0.39, 0.29) is 30.8 Å². The normalized spacial score (nSPS) is 20.7. The van der Waals surface area contributed by atoms with Gasteiger partial charge in [-0.25, -0.2) is 4.79 Å². The summed E-state index contributed by atoms with van der Waals surface area (Å²) in [6.45, 7) is 0.208. The molecule has 7 heteroatoms. The first-order chi connectivity index (χ1) is 14.1. The molecule has 2 aliphatic rings. The Balaban J connectivity index is 1.46. The Hall–Kier alpha value is -2.57. The molecule has 1 aromatic rings. The Labute approximate surface area is 172 Å². The predicted octanol–water partition coefficient (Wildman–Crippen LogP) is 3.12. The zero-order valence-corrected chi connectivity index (χ0v) is 17.1. The summed E-state index contributed by atoms with van der Waals surface area (Å²) in [5, 5.41) is 5.82. The van der Waals surface area contributed by atoms with Gasteiger partial charge in [-0.2, -0.15) is 0 Å². The Morgan fingerprint density at radius 2 is 1.76 bits per heavy atom. The van der Waals surface area contributed by atoms with Crippen molar-refractivity contribution in [3.63, 3.8) is 0 Å². The monoisotopic (exact) mass is 401 g/mol. The van der Waals surface area contributed by atoms with Crippen LogP contribution in [0.2, 0.25) is 0 Å². The van der Waals surface area contributed by atoms with E-state index in [0.29, 0.717) is 6.42 Å². The highest BCUT2D eigenvalue weighted by Gasteiger charge is 2.37. The minimum Gasteiger partial charge on any atom is -0.497 e. The number of benzene rings is 1. The number of nitrogens with zero attached hydrogens (tertiary/aromatic N) is 1. The van der Waals surface area contributed by atoms with Crippen LogP contribution in [0, 0.1) is 0 Å². The second kappa shape index (κ2) is 10.3. The summed E-state index contributed by atoms with van der Waals surface area (Å²) < 4.78 is 5.12. The van der Waals surface area contributed by atoms with E-state index < -0.39 is 12.1 Å². The van der Waals surface area contributed by atoms with Gasteiger partial charge in [0.1, 0.15) is 11.8 Å². The maximum absolute atomic E-state index is 12.6. The third-order valence-electron chi connectivity index (χ3n) is 5.74. The fourth-order valence-corrected chi connectivity index (χ4v) is 4.01. The van der Waals surface area contributed by atoms with Gasteiger partial charge in [-0.3, -0.25) is 14.5 Å². The molecule has 1 heterocycles. The molecule has 1 aliphatic heterocycles. The van der Waals surface area contributed by atoms with Crippen molar-refractivity contribution in [1.82, 2.24) is 15.5 Å². The number of carbonyl (C=O) groups excluding carboxylic acids is 3. The third kappa shape index (κ3) is 5.95. The second-order valence-electron chi connectivity index (χ2n) is 7.92. The number of hydrogen-bond donors (Lipinski definition) is 2. The molecule has 4 amide bonds. The van der Waals surface area contributed by atoms with Crippen LogP contribution < -0.4 is 15.4 Å². The predicted molar refractivity (Wildman–Crippen MR) is 109 cm³/mol. The van der Waals surface area contributed by atoms with Crippen molar-refractivity contribution in [3.8, 4) is 5.75 Å². The van der Waals surface area contributed by atoms with Gasteiger partial charge in [0, 0.05) is 12.5 Å². The van der Waals surface area contributed by atoms with Gasteiger partial charge < -0.3 is 15.4 Å². The van der Waals surface area contributed by atoms with Crippen LogP contribution in [-0.4, -0.2) is 41.9 Å². The molecule has 1 aliphatic carbocycles. The molecule has 0 radical (unpaired) electrons. The number of rotatable bonds is 7. The number of methoxy groups -OCH3 is 1. The SMILES string of the molecule is COc1ccc(CN2C(=O)N[C@@H](CCC(=O)NC3CCCCCCC3)C2=O)cc1. The van der Waals surface area contributed by atoms with Gasteiger partial charge in [0.2, 0.25) is 5.91 Å². The van der Waals surface area contributed by atoms with E-state index in [1.54, 1.807) is 19.2 Å². The standard InChI is InChI=1S/C22H31N3O4/c1-29-18-11-9-16(10-12-18)15-25-21(27)19(24-22(25)28)13-14-20(26)23-17-7-5-3-2-4-6-8-17/h9-12,17,19H,2-8,13-15H2,1H3,(H,23,26)(H,24,28)/t19-/m0/s1. The lowest BCUT2D eigenvalue weighted by Gasteiger charge is -2.21. The summed E-state index contributed by atoms with van der Waals surface area (Å²) in [5.74, 6) is 0.412. The molecule has 1 saturated heterocycles. The van der Waals surface area contributed by atoms with Crippen LogP contribution in [0.1, 0.15) is 63.4 Å². The smallest absolute Gasteiger partial charge is 0.325 e. The van der Waals surface area contributed by atoms with E-state index in [4.69, 9.17) is 4.74 Å². The zero-order valence-electron chi connectivity index (χ0n) is 17.1. The molecule has 0 spiro atoms. The quantitative estimate of drug-likeness (QED) is 0.687. The van der Waals surface area contributed by atoms with Gasteiger partial charge in [0.25, 0.3) is 5.91 Å². The summed E-state index contributed by atoms with van der Waals surface area (Å²) in [6.07, 6.45) is 8.69. The summed E-state index contributed by atoms with van der Waals surface area (Å²) in [5.41, 5.74) is 0.844. The summed E-state index contributed by atoms with van der Waals surface area (Å²) in [7, 11) is 1.59. The molecule has 2 fully saturated rings. The fourth-order valence-electron chi connectivity index (χ4n) is 4.01. The van der Waals surface area contributed by atoms with Gasteiger partial charge in [-0.05, 0) is 37.0 Å². The van der Waals surface area contributed by atoms with Crippen LogP contribution in [0.5, 0.6) is 5.75 Å². The van der Waals surface area contributed by atoms with Crippen LogP contribution in [0.15, 0.2) is 24.3 Å². The van der Waals surface area contributed by atoms with Gasteiger partial charge in [0.15, 0.2) is 0 Å². The molecule has 29 heavy (non-hydrogen) atoms. The molecule has 1 saturated carbocycles. The fraction of sp³-hybridized carbons (Fsp3) is 0.591. The number of nitrogens with one attached hydrogen (secondary N) is 2. The first-order valence-electron chi connectivity index (χ1n) is 10.6. The molecule has 7 nitrogen and oxygen atoms in total. The first kappa shape index (κ1) is 21.1. The van der Waals surface area contributed by atoms with Crippen LogP contribution in [0.25, 0.3) is 0 Å². The summed E-state index contributed by atoms with van der Waals surface area (Å²) in [4.78, 5) is 38.4. The highest BCUT2D eigenvalue weighted by molar-refractivity contribution is 6.04. The second-order valence-corrected chi connectivity index (χ2v) is 7.92. The number of imide groups is 1. The topological polar surface area (TPSA) is 87.7 Å². The number of amides is 4. The lowest BCUT2D eigenvalue weighted by atomic mass is 9.96. The minimum atomic E-state index is -0.635. The molecular formula is C22H31N3O4. The molecule has 0 bridgehead atoms. The van der Waals surface area contributed by atoms with Gasteiger partial charge in [-0.15, -0.1) is 0 Å². The Bertz CT molecular complexity index is 711. The Morgan fingerprint density at radius 1 is 1.10 bits per heavy atom. The van der Waals surface area contributed by atoms with Crippen molar-refractivity contribution >= 4 is 17.8 Å². The van der Waals surface area contributed by atoms with Crippen LogP contribution in [0.3, 0.4) is 0 Å². The molecule has 2 N–H and O–H groups in total. The van der Waals surface area contributed by atoms with Crippen molar-refractivity contribution in [2.75, 3.05) is 7.11 Å². The van der Waals surface area contributed by atoms with Crippen LogP contribution in [-0.2, 0) is 16.1 Å². The number of hydrogen-bond acceptors (Lipinski definition) is 4. The summed E-state index contributed by atoms with van der Waals surface area (Å²) in [6, 6.07) is 6.45. The van der Waals surface area contributed by atoms with Crippen molar-refractivity contribution < 1.29 is 19.1 Å². The lowest BCUT2D eigenvalue weighted by Crippen LogP contribution is -2.37. The van der Waals surface area contributed by atoms with E-state index in [9.17, 15) is 14.4 Å². The third-order valence-corrected chi connectivity index (χ3v) is 5.74. The highest BCUT2D eigenvalue weighted by atomic mass is 16.5. The first-order valence-corrected chi connectivity index (χ1v) is 10.6. The van der Waals surface area contributed by atoms with E-state index in [1.807, 2.05) is 12.1 Å². The number of carbonyl (C=O) groups is 3. The summed E-state index contributed by atoms with van der Waals surface area (Å²) >= 11 is 0.